The van der Waals surface area contributed by atoms with Gasteiger partial charge >= 0.3 is 0 Å². The smallest absolute Gasteiger partial charge is 0.170 e. The molecule has 3 heteroatoms. The Labute approximate surface area is 80.0 Å². The molecule has 0 aromatic rings. The summed E-state index contributed by atoms with van der Waals surface area (Å²) in [6.45, 7) is 8.30. The molecule has 3 nitrogen and oxygen atoms in total. The first-order valence-electron chi connectivity index (χ1n) is 5.24. The van der Waals surface area contributed by atoms with Crippen LogP contribution in [0.3, 0.4) is 0 Å². The van der Waals surface area contributed by atoms with E-state index in [9.17, 15) is 0 Å². The van der Waals surface area contributed by atoms with E-state index in [1.165, 1.54) is 13.0 Å². The molecule has 76 valence electrons. The normalized spacial score (nSPS) is 37.4. The lowest BCUT2D eigenvalue weighted by Gasteiger charge is -2.25. The number of likely N-dealkylation sites (tertiary alicyclic amines) is 1. The van der Waals surface area contributed by atoms with Crippen molar-refractivity contribution < 1.29 is 9.47 Å². The molecule has 2 aliphatic heterocycles. The molecule has 0 bridgehead atoms. The highest BCUT2D eigenvalue weighted by Crippen LogP contribution is 2.24. The number of ether oxygens (including phenoxy) is 2. The molecule has 0 aromatic heterocycles. The summed E-state index contributed by atoms with van der Waals surface area (Å²) in [4.78, 5) is 2.47. The largest absolute Gasteiger partial charge is 0.349 e. The Kier molecular flexibility index (Phi) is 2.86. The zero-order valence-electron chi connectivity index (χ0n) is 8.53. The van der Waals surface area contributed by atoms with E-state index in [1.807, 2.05) is 0 Å². The van der Waals surface area contributed by atoms with Gasteiger partial charge in [-0.05, 0) is 25.8 Å². The van der Waals surface area contributed by atoms with Crippen LogP contribution in [0, 0.1) is 5.92 Å². The fraction of sp³-hybridized carbons (Fsp3) is 1.00. The highest BCUT2D eigenvalue weighted by atomic mass is 16.7. The molecular formula is C10H19NO2. The molecule has 0 N–H and O–H groups in total. The average Bonchev–Trinajstić information content (AvgIpc) is 2.71. The zero-order valence-corrected chi connectivity index (χ0v) is 8.53. The van der Waals surface area contributed by atoms with Crippen LogP contribution in [0.4, 0.5) is 0 Å². The minimum Gasteiger partial charge on any atom is -0.349 e. The fourth-order valence-corrected chi connectivity index (χ4v) is 2.14. The van der Waals surface area contributed by atoms with E-state index in [1.54, 1.807) is 0 Å². The van der Waals surface area contributed by atoms with Crippen molar-refractivity contribution in [1.29, 1.82) is 0 Å². The lowest BCUT2D eigenvalue weighted by atomic mass is 10.1. The number of nitrogens with zero attached hydrogens (tertiary/aromatic N) is 1. The summed E-state index contributed by atoms with van der Waals surface area (Å²) >= 11 is 0. The molecule has 0 amide bonds. The van der Waals surface area contributed by atoms with Gasteiger partial charge in [0.05, 0.1) is 13.2 Å². The SMILES string of the molecule is CC1CCN(CC2OCCO2)C1C. The molecule has 13 heavy (non-hydrogen) atoms. The van der Waals surface area contributed by atoms with Crippen molar-refractivity contribution in [3.8, 4) is 0 Å². The summed E-state index contributed by atoms with van der Waals surface area (Å²) in [6.07, 6.45) is 1.35. The maximum atomic E-state index is 5.43. The van der Waals surface area contributed by atoms with Crippen molar-refractivity contribution >= 4 is 0 Å². The van der Waals surface area contributed by atoms with Crippen LogP contribution < -0.4 is 0 Å². The molecule has 0 aliphatic carbocycles. The molecule has 0 spiro atoms. The van der Waals surface area contributed by atoms with E-state index in [0.717, 1.165) is 25.7 Å². The molecule has 0 saturated carbocycles. The van der Waals surface area contributed by atoms with Gasteiger partial charge in [0.2, 0.25) is 0 Å². The maximum absolute atomic E-state index is 5.43. The first-order valence-corrected chi connectivity index (χ1v) is 5.24. The average molecular weight is 185 g/mol. The highest BCUT2D eigenvalue weighted by molar-refractivity contribution is 4.81. The van der Waals surface area contributed by atoms with Gasteiger partial charge in [-0.25, -0.2) is 0 Å². The van der Waals surface area contributed by atoms with Gasteiger partial charge in [0, 0.05) is 12.6 Å². The Morgan fingerprint density at radius 1 is 1.23 bits per heavy atom. The van der Waals surface area contributed by atoms with Gasteiger partial charge < -0.3 is 9.47 Å². The third kappa shape index (κ3) is 2.03. The number of hydrogen-bond acceptors (Lipinski definition) is 3. The summed E-state index contributed by atoms with van der Waals surface area (Å²) in [7, 11) is 0. The second kappa shape index (κ2) is 3.95. The lowest BCUT2D eigenvalue weighted by molar-refractivity contribution is -0.0638. The van der Waals surface area contributed by atoms with Crippen LogP contribution in [0.2, 0.25) is 0 Å². The van der Waals surface area contributed by atoms with Crippen molar-refractivity contribution in [3.05, 3.63) is 0 Å². The van der Waals surface area contributed by atoms with Gasteiger partial charge in [0.25, 0.3) is 0 Å². The van der Waals surface area contributed by atoms with Crippen LogP contribution in [0.5, 0.6) is 0 Å². The van der Waals surface area contributed by atoms with Crippen molar-refractivity contribution in [3.63, 3.8) is 0 Å². The van der Waals surface area contributed by atoms with E-state index < -0.39 is 0 Å². The minimum absolute atomic E-state index is 0.0350. The van der Waals surface area contributed by atoms with Crippen LogP contribution in [-0.2, 0) is 9.47 Å². The molecule has 2 rings (SSSR count). The summed E-state index contributed by atoms with van der Waals surface area (Å²) in [5.41, 5.74) is 0. The quantitative estimate of drug-likeness (QED) is 0.643. The Morgan fingerprint density at radius 3 is 2.46 bits per heavy atom. The monoisotopic (exact) mass is 185 g/mol. The van der Waals surface area contributed by atoms with Gasteiger partial charge in [-0.1, -0.05) is 6.92 Å². The molecule has 2 atom stereocenters. The van der Waals surface area contributed by atoms with Crippen LogP contribution in [-0.4, -0.2) is 43.5 Å². The van der Waals surface area contributed by atoms with Crippen LogP contribution in [0.15, 0.2) is 0 Å². The Balaban J connectivity index is 1.81. The predicted octanol–water partition coefficient (Wildman–Crippen LogP) is 1.09. The second-order valence-corrected chi connectivity index (χ2v) is 4.17. The molecule has 2 aliphatic rings. The summed E-state index contributed by atoms with van der Waals surface area (Å²) in [5.74, 6) is 0.821. The van der Waals surface area contributed by atoms with Crippen molar-refractivity contribution in [2.75, 3.05) is 26.3 Å². The molecule has 0 radical (unpaired) electrons. The molecule has 2 fully saturated rings. The summed E-state index contributed by atoms with van der Waals surface area (Å²) in [6, 6.07) is 0.688. The van der Waals surface area contributed by atoms with Gasteiger partial charge in [0.15, 0.2) is 6.29 Å². The third-order valence-electron chi connectivity index (χ3n) is 3.35. The van der Waals surface area contributed by atoms with Crippen LogP contribution in [0.1, 0.15) is 20.3 Å². The highest BCUT2D eigenvalue weighted by Gasteiger charge is 2.30. The second-order valence-electron chi connectivity index (χ2n) is 4.17. The first kappa shape index (κ1) is 9.44. The third-order valence-corrected chi connectivity index (χ3v) is 3.35. The summed E-state index contributed by atoms with van der Waals surface area (Å²) in [5, 5.41) is 0. The molecule has 2 saturated heterocycles. The Hall–Kier alpha value is -0.120. The first-order chi connectivity index (χ1) is 6.27. The minimum atomic E-state index is 0.0350. The molecular weight excluding hydrogens is 166 g/mol. The number of rotatable bonds is 2. The van der Waals surface area contributed by atoms with E-state index in [2.05, 4.69) is 18.7 Å². The predicted molar refractivity (Wildman–Crippen MR) is 50.5 cm³/mol. The van der Waals surface area contributed by atoms with Crippen molar-refractivity contribution in [2.45, 2.75) is 32.6 Å². The Morgan fingerprint density at radius 2 is 1.92 bits per heavy atom. The van der Waals surface area contributed by atoms with E-state index in [4.69, 9.17) is 9.47 Å². The van der Waals surface area contributed by atoms with Crippen LogP contribution in [0.25, 0.3) is 0 Å². The van der Waals surface area contributed by atoms with Crippen LogP contribution >= 0.6 is 0 Å². The number of hydrogen-bond donors (Lipinski definition) is 0. The summed E-state index contributed by atoms with van der Waals surface area (Å²) < 4.78 is 10.9. The van der Waals surface area contributed by atoms with Crippen molar-refractivity contribution in [2.24, 2.45) is 5.92 Å². The van der Waals surface area contributed by atoms with Gasteiger partial charge in [-0.2, -0.15) is 0 Å². The van der Waals surface area contributed by atoms with E-state index in [-0.39, 0.29) is 6.29 Å². The standard InChI is InChI=1S/C10H19NO2/c1-8-3-4-11(9(8)2)7-10-12-5-6-13-10/h8-10H,3-7H2,1-2H3. The molecule has 2 heterocycles. The fourth-order valence-electron chi connectivity index (χ4n) is 2.14. The van der Waals surface area contributed by atoms with Crippen molar-refractivity contribution in [1.82, 2.24) is 4.90 Å². The molecule has 0 aromatic carbocycles. The Bertz CT molecular complexity index is 168. The maximum Gasteiger partial charge on any atom is 0.170 e. The zero-order chi connectivity index (χ0) is 9.26. The van der Waals surface area contributed by atoms with E-state index in [0.29, 0.717) is 6.04 Å². The van der Waals surface area contributed by atoms with Gasteiger partial charge in [-0.15, -0.1) is 0 Å². The molecule has 2 unspecified atom stereocenters. The van der Waals surface area contributed by atoms with E-state index >= 15 is 0 Å². The van der Waals surface area contributed by atoms with Gasteiger partial charge in [0.1, 0.15) is 0 Å². The topological polar surface area (TPSA) is 21.7 Å². The lowest BCUT2D eigenvalue weighted by Crippen LogP contribution is -2.36. The van der Waals surface area contributed by atoms with Gasteiger partial charge in [-0.3, -0.25) is 4.90 Å².